The lowest BCUT2D eigenvalue weighted by molar-refractivity contribution is -0.384. The number of aliphatic hydroxyl groups excluding tert-OH is 1. The second kappa shape index (κ2) is 20.2. The molecule has 2 fully saturated rings. The quantitative estimate of drug-likeness (QED) is 0.0481. The monoisotopic (exact) mass is 746 g/mol. The van der Waals surface area contributed by atoms with Gasteiger partial charge in [-0.3, -0.25) is 19.8 Å². The number of halogens is 1. The average molecular weight is 747 g/mol. The lowest BCUT2D eigenvalue weighted by atomic mass is 9.84. The molecule has 4 unspecified atom stereocenters. The van der Waals surface area contributed by atoms with Gasteiger partial charge in [-0.05, 0) is 67.6 Å². The number of hydrogen-bond acceptors (Lipinski definition) is 10. The van der Waals surface area contributed by atoms with Gasteiger partial charge in [0.2, 0.25) is 0 Å². The van der Waals surface area contributed by atoms with Crippen LogP contribution in [-0.4, -0.2) is 86.7 Å². The first-order valence-corrected chi connectivity index (χ1v) is 22.3. The van der Waals surface area contributed by atoms with Crippen molar-refractivity contribution in [3.8, 4) is 5.75 Å². The highest BCUT2D eigenvalue weighted by molar-refractivity contribution is 6.76. The molecule has 12 nitrogen and oxygen atoms in total. The van der Waals surface area contributed by atoms with Gasteiger partial charge < -0.3 is 30.0 Å². The predicted octanol–water partition coefficient (Wildman–Crippen LogP) is 6.93. The maximum absolute atomic E-state index is 14.1. The van der Waals surface area contributed by atoms with Gasteiger partial charge >= 0.3 is 12.1 Å². The van der Waals surface area contributed by atoms with Crippen LogP contribution in [0.1, 0.15) is 63.0 Å². The van der Waals surface area contributed by atoms with Crippen LogP contribution in [0.2, 0.25) is 30.7 Å². The molecule has 2 aromatic rings. The molecule has 0 aromatic heterocycles. The third-order valence-electron chi connectivity index (χ3n) is 9.64. The zero-order valence-corrected chi connectivity index (χ0v) is 31.9. The van der Waals surface area contributed by atoms with Crippen LogP contribution in [0, 0.1) is 22.0 Å². The first-order valence-electron chi connectivity index (χ1n) is 18.3. The summed E-state index contributed by atoms with van der Waals surface area (Å²) in [7, 11) is -1.37. The smallest absolute Gasteiger partial charge is 0.417 e. The van der Waals surface area contributed by atoms with Crippen molar-refractivity contribution in [3.63, 3.8) is 0 Å². The fourth-order valence-electron chi connectivity index (χ4n) is 6.86. The molecule has 2 aromatic carbocycles. The van der Waals surface area contributed by atoms with E-state index in [0.29, 0.717) is 24.0 Å². The number of esters is 1. The largest absolute Gasteiger partial charge is 0.465 e. The number of nitro groups is 1. The van der Waals surface area contributed by atoms with Crippen LogP contribution in [0.15, 0.2) is 48.5 Å². The number of piperidine rings is 1. The molecule has 0 radical (unpaired) electrons. The Hall–Kier alpha value is -3.07. The summed E-state index contributed by atoms with van der Waals surface area (Å²) >= 11 is 6.37. The second-order valence-electron chi connectivity index (χ2n) is 15.0. The standard InChI is InChI=1S/C37H55ClN4O8Si/c1-51(2,3)20-19-48-35(44)25-40-24-32(21-27-9-5-4-6-10-27)41(37(45)50-33-16-14-31(15-17-33)42(46)47)34(43)26-49-36(29-12-8-18-39-23-29)28-11-7-13-30(38)22-28/h7,11,13-17,22,27,29,32,34,36,39-40,43H,4-6,8-10,12,18-21,23-26H2,1-3H3. The molecule has 4 atom stereocenters. The Morgan fingerprint density at radius 2 is 1.84 bits per heavy atom. The van der Waals surface area contributed by atoms with Crippen molar-refractivity contribution in [3.05, 3.63) is 69.2 Å². The Bertz CT molecular complexity index is 1400. The molecule has 3 N–H and O–H groups in total. The van der Waals surface area contributed by atoms with E-state index in [4.69, 9.17) is 25.8 Å². The fraction of sp³-hybridized carbons (Fsp3) is 0.622. The molecule has 1 saturated carbocycles. The number of aliphatic hydroxyl groups is 1. The lowest BCUT2D eigenvalue weighted by Crippen LogP contribution is -2.55. The van der Waals surface area contributed by atoms with E-state index in [1.807, 2.05) is 18.2 Å². The SMILES string of the molecule is C[Si](C)(C)CCOC(=O)CNCC(CC1CCCCC1)N(C(=O)Oc1ccc([N+](=O)[O-])cc1)C(O)COC(c1cccc(Cl)c1)C1CCCNC1. The van der Waals surface area contributed by atoms with Gasteiger partial charge in [0.1, 0.15) is 5.75 Å². The van der Waals surface area contributed by atoms with Gasteiger partial charge in [0, 0.05) is 44.2 Å². The topological polar surface area (TPSA) is 152 Å². The van der Waals surface area contributed by atoms with Crippen molar-refractivity contribution in [1.82, 2.24) is 15.5 Å². The normalized spacial score (nSPS) is 18.7. The van der Waals surface area contributed by atoms with E-state index in [-0.39, 0.29) is 49.1 Å². The van der Waals surface area contributed by atoms with E-state index < -0.39 is 31.4 Å². The number of nitrogens with zero attached hydrogens (tertiary/aromatic N) is 2. The highest BCUT2D eigenvalue weighted by Gasteiger charge is 2.35. The number of nitrogens with one attached hydrogen (secondary N) is 2. The van der Waals surface area contributed by atoms with Gasteiger partial charge in [-0.1, -0.05) is 75.5 Å². The van der Waals surface area contributed by atoms with Crippen molar-refractivity contribution >= 4 is 37.4 Å². The molecule has 1 saturated heterocycles. The highest BCUT2D eigenvalue weighted by Crippen LogP contribution is 2.34. The van der Waals surface area contributed by atoms with Gasteiger partial charge in [0.15, 0.2) is 6.23 Å². The zero-order valence-electron chi connectivity index (χ0n) is 30.2. The Labute approximate surface area is 307 Å². The lowest BCUT2D eigenvalue weighted by Gasteiger charge is -2.38. The Balaban J connectivity index is 1.56. The predicted molar refractivity (Wildman–Crippen MR) is 200 cm³/mol. The third-order valence-corrected chi connectivity index (χ3v) is 11.6. The van der Waals surface area contributed by atoms with E-state index >= 15 is 0 Å². The Morgan fingerprint density at radius 3 is 2.49 bits per heavy atom. The number of benzene rings is 2. The number of carbonyl (C=O) groups excluding carboxylic acids is 2. The summed E-state index contributed by atoms with van der Waals surface area (Å²) in [5.41, 5.74) is 0.747. The first kappa shape index (κ1) is 40.7. The molecule has 1 heterocycles. The Morgan fingerprint density at radius 1 is 1.10 bits per heavy atom. The highest BCUT2D eigenvalue weighted by atomic mass is 35.5. The molecule has 0 spiro atoms. The average Bonchev–Trinajstić information content (AvgIpc) is 3.09. The van der Waals surface area contributed by atoms with Gasteiger partial charge in [-0.15, -0.1) is 0 Å². The van der Waals surface area contributed by atoms with Gasteiger partial charge in [-0.25, -0.2) is 4.79 Å². The minimum atomic E-state index is -1.41. The van der Waals surface area contributed by atoms with E-state index in [9.17, 15) is 24.8 Å². The van der Waals surface area contributed by atoms with E-state index in [1.165, 1.54) is 29.2 Å². The number of hydrogen-bond donors (Lipinski definition) is 3. The van der Waals surface area contributed by atoms with Crippen molar-refractivity contribution in [1.29, 1.82) is 0 Å². The number of amides is 1. The number of ether oxygens (including phenoxy) is 3. The molecule has 1 aliphatic heterocycles. The third kappa shape index (κ3) is 13.8. The molecule has 1 aliphatic carbocycles. The molecule has 0 bridgehead atoms. The maximum atomic E-state index is 14.1. The van der Waals surface area contributed by atoms with Crippen LogP contribution in [-0.2, 0) is 14.3 Å². The summed E-state index contributed by atoms with van der Waals surface area (Å²) in [5.74, 6) is 0.157. The summed E-state index contributed by atoms with van der Waals surface area (Å²) in [6.07, 6.45) is 5.20. The van der Waals surface area contributed by atoms with Crippen LogP contribution in [0.25, 0.3) is 0 Å². The molecule has 51 heavy (non-hydrogen) atoms. The molecule has 4 rings (SSSR count). The van der Waals surface area contributed by atoms with Crippen molar-refractivity contribution < 1.29 is 33.8 Å². The summed E-state index contributed by atoms with van der Waals surface area (Å²) in [6.45, 7) is 8.64. The van der Waals surface area contributed by atoms with Crippen LogP contribution in [0.5, 0.6) is 5.75 Å². The maximum Gasteiger partial charge on any atom is 0.417 e. The minimum absolute atomic E-state index is 0.0454. The Kier molecular flexibility index (Phi) is 16.2. The zero-order chi connectivity index (χ0) is 36.8. The first-order chi connectivity index (χ1) is 24.4. The molecule has 282 valence electrons. The number of non-ortho nitro benzene ring substituents is 1. The number of carbonyl (C=O) groups is 2. The summed E-state index contributed by atoms with van der Waals surface area (Å²) in [6, 6.07) is 13.0. The van der Waals surface area contributed by atoms with Crippen molar-refractivity contribution in [2.45, 2.75) is 95.4 Å². The van der Waals surface area contributed by atoms with E-state index in [0.717, 1.165) is 69.6 Å². The molecule has 2 aliphatic rings. The van der Waals surface area contributed by atoms with Crippen molar-refractivity contribution in [2.24, 2.45) is 11.8 Å². The van der Waals surface area contributed by atoms with Gasteiger partial charge in [0.05, 0.1) is 36.8 Å². The fourth-order valence-corrected chi connectivity index (χ4v) is 7.78. The number of rotatable bonds is 18. The van der Waals surface area contributed by atoms with Crippen LogP contribution < -0.4 is 15.4 Å². The van der Waals surface area contributed by atoms with Gasteiger partial charge in [-0.2, -0.15) is 0 Å². The number of nitro benzene ring substituents is 1. The summed E-state index contributed by atoms with van der Waals surface area (Å²) < 4.78 is 17.7. The van der Waals surface area contributed by atoms with Crippen LogP contribution in [0.4, 0.5) is 10.5 Å². The molecular weight excluding hydrogens is 692 g/mol. The molecule has 14 heteroatoms. The van der Waals surface area contributed by atoms with E-state index in [1.54, 1.807) is 6.07 Å². The van der Waals surface area contributed by atoms with Crippen LogP contribution >= 0.6 is 11.6 Å². The van der Waals surface area contributed by atoms with Crippen LogP contribution in [0.3, 0.4) is 0 Å². The van der Waals surface area contributed by atoms with E-state index in [2.05, 4.69) is 30.3 Å². The minimum Gasteiger partial charge on any atom is -0.465 e. The molecular formula is C37H55ClN4O8Si. The summed E-state index contributed by atoms with van der Waals surface area (Å²) in [4.78, 5) is 38.7. The second-order valence-corrected chi connectivity index (χ2v) is 21.0. The molecule has 1 amide bonds. The van der Waals surface area contributed by atoms with Gasteiger partial charge in [0.25, 0.3) is 5.69 Å². The summed E-state index contributed by atoms with van der Waals surface area (Å²) in [5, 5.41) is 30.3. The van der Waals surface area contributed by atoms with Crippen molar-refractivity contribution in [2.75, 3.05) is 39.4 Å².